The summed E-state index contributed by atoms with van der Waals surface area (Å²) in [4.78, 5) is 14.0. The van der Waals surface area contributed by atoms with Crippen molar-refractivity contribution in [2.24, 2.45) is 0 Å². The van der Waals surface area contributed by atoms with Gasteiger partial charge in [-0.05, 0) is 12.8 Å². The molecule has 0 aromatic heterocycles. The summed E-state index contributed by atoms with van der Waals surface area (Å²) >= 11 is 1.55. The lowest BCUT2D eigenvalue weighted by Gasteiger charge is -2.40. The zero-order valence-electron chi connectivity index (χ0n) is 9.78. The lowest BCUT2D eigenvalue weighted by atomic mass is 9.76. The lowest BCUT2D eigenvalue weighted by Crippen LogP contribution is -3.00. The molecule has 2 heterocycles. The SMILES string of the molecule is O=C1SC[C@@H]2N1CCC[NH2+]C21CCCCC1. The Morgan fingerprint density at radius 2 is 2.06 bits per heavy atom. The fraction of sp³-hybridized carbons (Fsp3) is 0.917. The number of carbonyl (C=O) groups is 1. The van der Waals surface area contributed by atoms with Crippen molar-refractivity contribution in [3.8, 4) is 0 Å². The monoisotopic (exact) mass is 241 g/mol. The van der Waals surface area contributed by atoms with E-state index >= 15 is 0 Å². The molecule has 0 unspecified atom stereocenters. The van der Waals surface area contributed by atoms with Crippen LogP contribution in [0.5, 0.6) is 0 Å². The van der Waals surface area contributed by atoms with Crippen LogP contribution in [0.4, 0.5) is 4.79 Å². The minimum absolute atomic E-state index is 0.338. The van der Waals surface area contributed by atoms with Gasteiger partial charge in [0.2, 0.25) is 0 Å². The van der Waals surface area contributed by atoms with E-state index in [4.69, 9.17) is 0 Å². The van der Waals surface area contributed by atoms with E-state index in [0.717, 1.165) is 12.3 Å². The zero-order valence-corrected chi connectivity index (χ0v) is 10.6. The van der Waals surface area contributed by atoms with Crippen molar-refractivity contribution in [3.05, 3.63) is 0 Å². The highest BCUT2D eigenvalue weighted by molar-refractivity contribution is 8.13. The third-order valence-corrected chi connectivity index (χ3v) is 5.54. The van der Waals surface area contributed by atoms with Crippen molar-refractivity contribution in [1.82, 2.24) is 4.90 Å². The van der Waals surface area contributed by atoms with Crippen LogP contribution in [0.1, 0.15) is 38.5 Å². The summed E-state index contributed by atoms with van der Waals surface area (Å²) in [6, 6.07) is 0.521. The molecule has 3 aliphatic rings. The van der Waals surface area contributed by atoms with E-state index in [2.05, 4.69) is 10.2 Å². The summed E-state index contributed by atoms with van der Waals surface area (Å²) in [5, 5.41) is 2.92. The van der Waals surface area contributed by atoms with Crippen molar-refractivity contribution < 1.29 is 10.1 Å². The van der Waals surface area contributed by atoms with Crippen molar-refractivity contribution in [3.63, 3.8) is 0 Å². The van der Waals surface area contributed by atoms with Gasteiger partial charge in [0.15, 0.2) is 0 Å². The first kappa shape index (κ1) is 10.9. The summed E-state index contributed by atoms with van der Waals surface area (Å²) in [6.07, 6.45) is 7.93. The number of carbonyl (C=O) groups excluding carboxylic acids is 1. The van der Waals surface area contributed by atoms with Crippen LogP contribution in [0.3, 0.4) is 0 Å². The van der Waals surface area contributed by atoms with Gasteiger partial charge in [0.1, 0.15) is 5.54 Å². The van der Waals surface area contributed by atoms with Gasteiger partial charge in [-0.3, -0.25) is 4.79 Å². The molecule has 3 rings (SSSR count). The number of hydrogen-bond acceptors (Lipinski definition) is 2. The Kier molecular flexibility index (Phi) is 2.88. The average Bonchev–Trinajstić information content (AvgIpc) is 2.59. The third kappa shape index (κ3) is 1.66. The summed E-state index contributed by atoms with van der Waals surface area (Å²) < 4.78 is 0. The molecule has 3 nitrogen and oxygen atoms in total. The molecule has 3 fully saturated rings. The molecule has 1 atom stereocenters. The lowest BCUT2D eigenvalue weighted by molar-refractivity contribution is -0.731. The van der Waals surface area contributed by atoms with Gasteiger partial charge in [-0.1, -0.05) is 18.2 Å². The normalized spacial score (nSPS) is 33.9. The van der Waals surface area contributed by atoms with E-state index in [-0.39, 0.29) is 0 Å². The fourth-order valence-electron chi connectivity index (χ4n) is 3.71. The van der Waals surface area contributed by atoms with E-state index in [1.807, 2.05) is 0 Å². The molecule has 2 saturated heterocycles. The standard InChI is InChI=1S/C12H20N2OS/c15-11-14-8-4-7-13-12(10(14)9-16-11)5-2-1-3-6-12/h10,13H,1-9H2/p+1/t10-/m0/s1. The highest BCUT2D eigenvalue weighted by Crippen LogP contribution is 2.37. The van der Waals surface area contributed by atoms with Crippen molar-refractivity contribution in [1.29, 1.82) is 0 Å². The molecule has 0 radical (unpaired) electrons. The number of nitrogens with two attached hydrogens (primary N) is 1. The van der Waals surface area contributed by atoms with Gasteiger partial charge in [-0.15, -0.1) is 0 Å². The van der Waals surface area contributed by atoms with Crippen LogP contribution in [-0.4, -0.2) is 40.6 Å². The maximum absolute atomic E-state index is 11.9. The fourth-order valence-corrected chi connectivity index (χ4v) is 4.91. The Hall–Kier alpha value is -0.220. The van der Waals surface area contributed by atoms with E-state index in [1.54, 1.807) is 11.8 Å². The van der Waals surface area contributed by atoms with Gasteiger partial charge in [0.25, 0.3) is 5.24 Å². The zero-order chi connectivity index (χ0) is 11.0. The molecule has 2 N–H and O–H groups in total. The quantitative estimate of drug-likeness (QED) is 0.692. The van der Waals surface area contributed by atoms with Gasteiger partial charge in [0.05, 0.1) is 12.6 Å². The number of hydrogen-bond donors (Lipinski definition) is 1. The molecule has 0 aromatic rings. The van der Waals surface area contributed by atoms with Crippen LogP contribution in [0.2, 0.25) is 0 Å². The van der Waals surface area contributed by atoms with Crippen LogP contribution in [0.15, 0.2) is 0 Å². The first-order valence-electron chi connectivity index (χ1n) is 6.60. The average molecular weight is 241 g/mol. The van der Waals surface area contributed by atoms with Crippen LogP contribution in [0, 0.1) is 0 Å². The van der Waals surface area contributed by atoms with E-state index < -0.39 is 0 Å². The number of fused-ring (bicyclic) bond motifs is 2. The first-order chi connectivity index (χ1) is 7.82. The molecule has 90 valence electrons. The number of quaternary nitrogens is 1. The number of nitrogens with zero attached hydrogens (tertiary/aromatic N) is 1. The molecule has 2 aliphatic heterocycles. The second-order valence-electron chi connectivity index (χ2n) is 5.43. The second kappa shape index (κ2) is 4.22. The van der Waals surface area contributed by atoms with E-state index in [9.17, 15) is 4.79 Å². The molecule has 0 bridgehead atoms. The Bertz CT molecular complexity index is 289. The molecular formula is C12H21N2OS+. The number of thioether (sulfide) groups is 1. The summed E-state index contributed by atoms with van der Waals surface area (Å²) in [5.41, 5.74) is 0.383. The minimum atomic E-state index is 0.338. The maximum Gasteiger partial charge on any atom is 0.282 e. The second-order valence-corrected chi connectivity index (χ2v) is 6.40. The van der Waals surface area contributed by atoms with Crippen LogP contribution < -0.4 is 5.32 Å². The molecule has 1 amide bonds. The molecule has 16 heavy (non-hydrogen) atoms. The smallest absolute Gasteiger partial charge is 0.282 e. The van der Waals surface area contributed by atoms with E-state index in [0.29, 0.717) is 16.8 Å². The Labute approximate surface area is 101 Å². The van der Waals surface area contributed by atoms with Crippen molar-refractivity contribution in [2.45, 2.75) is 50.1 Å². The minimum Gasteiger partial charge on any atom is -0.340 e. The highest BCUT2D eigenvalue weighted by Gasteiger charge is 2.51. The molecule has 1 saturated carbocycles. The van der Waals surface area contributed by atoms with Crippen LogP contribution in [0.25, 0.3) is 0 Å². The first-order valence-corrected chi connectivity index (χ1v) is 7.58. The maximum atomic E-state index is 11.9. The molecular weight excluding hydrogens is 220 g/mol. The molecule has 1 aliphatic carbocycles. The third-order valence-electron chi connectivity index (χ3n) is 4.58. The van der Waals surface area contributed by atoms with E-state index in [1.165, 1.54) is 45.1 Å². The predicted octanol–water partition coefficient (Wildman–Crippen LogP) is 1.19. The largest absolute Gasteiger partial charge is 0.340 e. The molecule has 1 spiro atoms. The summed E-state index contributed by atoms with van der Waals surface area (Å²) in [6.45, 7) is 2.21. The van der Waals surface area contributed by atoms with Gasteiger partial charge >= 0.3 is 0 Å². The Balaban J connectivity index is 1.87. The van der Waals surface area contributed by atoms with Crippen LogP contribution >= 0.6 is 11.8 Å². The topological polar surface area (TPSA) is 36.9 Å². The number of rotatable bonds is 0. The summed E-state index contributed by atoms with van der Waals surface area (Å²) in [5.74, 6) is 1.04. The van der Waals surface area contributed by atoms with Gasteiger partial charge in [-0.2, -0.15) is 0 Å². The van der Waals surface area contributed by atoms with Crippen molar-refractivity contribution in [2.75, 3.05) is 18.8 Å². The molecule has 0 aromatic carbocycles. The predicted molar refractivity (Wildman–Crippen MR) is 65.6 cm³/mol. The molecule has 4 heteroatoms. The summed E-state index contributed by atoms with van der Waals surface area (Å²) in [7, 11) is 0. The van der Waals surface area contributed by atoms with Crippen molar-refractivity contribution >= 4 is 17.0 Å². The Morgan fingerprint density at radius 1 is 1.25 bits per heavy atom. The number of amides is 1. The Morgan fingerprint density at radius 3 is 2.88 bits per heavy atom. The van der Waals surface area contributed by atoms with Gasteiger partial charge < -0.3 is 10.2 Å². The highest BCUT2D eigenvalue weighted by atomic mass is 32.2. The van der Waals surface area contributed by atoms with Crippen LogP contribution in [-0.2, 0) is 0 Å². The van der Waals surface area contributed by atoms with Gasteiger partial charge in [-0.25, -0.2) is 0 Å². The van der Waals surface area contributed by atoms with Gasteiger partial charge in [0, 0.05) is 31.6 Å².